The van der Waals surface area contributed by atoms with Gasteiger partial charge in [0, 0.05) is 6.42 Å². The van der Waals surface area contributed by atoms with Crippen LogP contribution in [0.4, 0.5) is 0 Å². The zero-order valence-corrected chi connectivity index (χ0v) is 10.6. The van der Waals surface area contributed by atoms with Crippen LogP contribution >= 0.6 is 63.7 Å². The molecule has 0 aliphatic rings. The van der Waals surface area contributed by atoms with E-state index in [9.17, 15) is 4.79 Å². The number of rotatable bonds is 2. The maximum atomic E-state index is 10.1. The molecule has 0 bridgehead atoms. The standard InChI is InChI=1S/C4H4Br4O/c5-3(2-9)1-4(6,7)8/h2-3H,1H2. The van der Waals surface area contributed by atoms with Crippen LogP contribution in [-0.4, -0.2) is 13.3 Å². The van der Waals surface area contributed by atoms with Crippen molar-refractivity contribution in [3.05, 3.63) is 0 Å². The van der Waals surface area contributed by atoms with Crippen LogP contribution in [-0.2, 0) is 4.79 Å². The number of aldehydes is 1. The van der Waals surface area contributed by atoms with Crippen molar-refractivity contribution in [1.29, 1.82) is 0 Å². The third-order valence-electron chi connectivity index (χ3n) is 0.574. The Bertz CT molecular complexity index is 97.2. The zero-order valence-electron chi connectivity index (χ0n) is 4.28. The molecule has 0 aliphatic carbocycles. The fourth-order valence-corrected chi connectivity index (χ4v) is 3.10. The van der Waals surface area contributed by atoms with Crippen LogP contribution in [0.25, 0.3) is 0 Å². The average molecular weight is 388 g/mol. The summed E-state index contributed by atoms with van der Waals surface area (Å²) in [6, 6.07) is 0. The van der Waals surface area contributed by atoms with E-state index in [-0.39, 0.29) is 6.97 Å². The van der Waals surface area contributed by atoms with Gasteiger partial charge in [-0.2, -0.15) is 0 Å². The lowest BCUT2D eigenvalue weighted by atomic mass is 10.4. The summed E-state index contributed by atoms with van der Waals surface area (Å²) in [6.07, 6.45) is 1.50. The molecule has 0 aromatic heterocycles. The Labute approximate surface area is 87.5 Å². The molecule has 9 heavy (non-hydrogen) atoms. The first-order valence-electron chi connectivity index (χ1n) is 2.12. The molecular weight excluding hydrogens is 384 g/mol. The highest BCUT2D eigenvalue weighted by molar-refractivity contribution is 9.39. The first-order chi connectivity index (χ1) is 3.95. The minimum absolute atomic E-state index is 0.115. The van der Waals surface area contributed by atoms with Gasteiger partial charge in [0.25, 0.3) is 0 Å². The number of alkyl halides is 4. The molecule has 0 fully saturated rings. The van der Waals surface area contributed by atoms with Gasteiger partial charge in [0.2, 0.25) is 0 Å². The van der Waals surface area contributed by atoms with Gasteiger partial charge in [0.1, 0.15) is 8.43 Å². The van der Waals surface area contributed by atoms with Crippen molar-refractivity contribution in [2.75, 3.05) is 0 Å². The second kappa shape index (κ2) is 4.46. The Hall–Kier alpha value is 1.59. The minimum Gasteiger partial charge on any atom is -0.302 e. The molecule has 0 saturated heterocycles. The smallest absolute Gasteiger partial charge is 0.136 e. The Morgan fingerprint density at radius 3 is 2.00 bits per heavy atom. The predicted octanol–water partition coefficient (Wildman–Crippen LogP) is 3.18. The van der Waals surface area contributed by atoms with Crippen molar-refractivity contribution in [2.45, 2.75) is 13.4 Å². The van der Waals surface area contributed by atoms with Crippen molar-refractivity contribution in [2.24, 2.45) is 0 Å². The minimum atomic E-state index is -0.317. The number of hydrogen-bond donors (Lipinski definition) is 0. The van der Waals surface area contributed by atoms with E-state index in [1.807, 2.05) is 0 Å². The highest BCUT2D eigenvalue weighted by Gasteiger charge is 2.21. The molecular formula is C4H4Br4O. The summed E-state index contributed by atoms with van der Waals surface area (Å²) >= 11 is 12.9. The molecule has 0 heterocycles. The van der Waals surface area contributed by atoms with Crippen molar-refractivity contribution in [1.82, 2.24) is 0 Å². The van der Waals surface area contributed by atoms with Crippen LogP contribution in [0.2, 0.25) is 0 Å². The van der Waals surface area contributed by atoms with E-state index in [1.165, 1.54) is 0 Å². The molecule has 54 valence electrons. The van der Waals surface area contributed by atoms with Gasteiger partial charge in [-0.15, -0.1) is 0 Å². The summed E-state index contributed by atoms with van der Waals surface area (Å²) in [4.78, 5) is 9.96. The molecule has 0 saturated carbocycles. The van der Waals surface area contributed by atoms with Gasteiger partial charge in [-0.25, -0.2) is 0 Å². The largest absolute Gasteiger partial charge is 0.302 e. The lowest BCUT2D eigenvalue weighted by Crippen LogP contribution is -2.10. The summed E-state index contributed by atoms with van der Waals surface area (Å²) in [5, 5.41) is 0. The molecule has 1 nitrogen and oxygen atoms in total. The van der Waals surface area contributed by atoms with Gasteiger partial charge < -0.3 is 4.79 Å². The predicted molar refractivity (Wildman–Crippen MR) is 52.9 cm³/mol. The Balaban J connectivity index is 3.59. The van der Waals surface area contributed by atoms with E-state index in [1.54, 1.807) is 0 Å². The van der Waals surface area contributed by atoms with Crippen LogP contribution in [0, 0.1) is 0 Å². The first-order valence-corrected chi connectivity index (χ1v) is 5.41. The fourth-order valence-electron chi connectivity index (χ4n) is 0.269. The second-order valence-electron chi connectivity index (χ2n) is 1.47. The normalized spacial score (nSPS) is 15.1. The monoisotopic (exact) mass is 384 g/mol. The SMILES string of the molecule is O=CC(Br)CC(Br)(Br)Br. The number of halogens is 4. The lowest BCUT2D eigenvalue weighted by molar-refractivity contribution is -0.107. The topological polar surface area (TPSA) is 17.1 Å². The molecule has 0 radical (unpaired) electrons. The third kappa shape index (κ3) is 7.49. The van der Waals surface area contributed by atoms with Crippen molar-refractivity contribution >= 4 is 70.0 Å². The summed E-state index contributed by atoms with van der Waals surface area (Å²) in [5.41, 5.74) is 0. The Morgan fingerprint density at radius 1 is 1.44 bits per heavy atom. The lowest BCUT2D eigenvalue weighted by Gasteiger charge is -2.11. The molecule has 0 spiro atoms. The van der Waals surface area contributed by atoms with E-state index in [0.29, 0.717) is 6.42 Å². The van der Waals surface area contributed by atoms with Gasteiger partial charge in [-0.3, -0.25) is 0 Å². The fraction of sp³-hybridized carbons (Fsp3) is 0.750. The summed E-state index contributed by atoms with van der Waals surface area (Å²) in [6.45, 7) is 0. The second-order valence-corrected chi connectivity index (χ2v) is 9.90. The molecule has 0 aromatic carbocycles. The molecule has 0 amide bonds. The molecule has 0 N–H and O–H groups in total. The van der Waals surface area contributed by atoms with E-state index in [0.717, 1.165) is 6.29 Å². The molecule has 0 aromatic rings. The van der Waals surface area contributed by atoms with Crippen LogP contribution < -0.4 is 0 Å². The maximum absolute atomic E-state index is 10.1. The van der Waals surface area contributed by atoms with Crippen LogP contribution in [0.3, 0.4) is 0 Å². The van der Waals surface area contributed by atoms with Gasteiger partial charge >= 0.3 is 0 Å². The highest BCUT2D eigenvalue weighted by atomic mass is 80.0. The molecule has 1 unspecified atom stereocenters. The summed E-state index contributed by atoms with van der Waals surface area (Å²) in [7, 11) is 0. The average Bonchev–Trinajstić information content (AvgIpc) is 1.62. The molecule has 5 heteroatoms. The van der Waals surface area contributed by atoms with Crippen molar-refractivity contribution < 1.29 is 4.79 Å². The van der Waals surface area contributed by atoms with Crippen molar-refractivity contribution in [3.8, 4) is 0 Å². The number of hydrogen-bond acceptors (Lipinski definition) is 1. The van der Waals surface area contributed by atoms with Crippen molar-refractivity contribution in [3.63, 3.8) is 0 Å². The van der Waals surface area contributed by atoms with E-state index < -0.39 is 0 Å². The molecule has 0 rings (SSSR count). The quantitative estimate of drug-likeness (QED) is 0.525. The Morgan fingerprint density at radius 2 is 1.89 bits per heavy atom. The zero-order chi connectivity index (χ0) is 7.49. The van der Waals surface area contributed by atoms with E-state index in [2.05, 4.69) is 63.7 Å². The van der Waals surface area contributed by atoms with Crippen LogP contribution in [0.5, 0.6) is 0 Å². The summed E-state index contributed by atoms with van der Waals surface area (Å²) < 4.78 is -0.317. The van der Waals surface area contributed by atoms with Gasteiger partial charge in [-0.1, -0.05) is 63.7 Å². The van der Waals surface area contributed by atoms with Crippen LogP contribution in [0.15, 0.2) is 0 Å². The van der Waals surface area contributed by atoms with E-state index >= 15 is 0 Å². The summed E-state index contributed by atoms with van der Waals surface area (Å²) in [5.74, 6) is 0. The number of carbonyl (C=O) groups is 1. The number of carbonyl (C=O) groups excluding carboxylic acids is 1. The maximum Gasteiger partial charge on any atom is 0.136 e. The third-order valence-corrected chi connectivity index (χ3v) is 2.08. The van der Waals surface area contributed by atoms with Gasteiger partial charge in [0.05, 0.1) is 4.83 Å². The van der Waals surface area contributed by atoms with E-state index in [4.69, 9.17) is 0 Å². The molecule has 0 aliphatic heterocycles. The first kappa shape index (κ1) is 10.6. The highest BCUT2D eigenvalue weighted by Crippen LogP contribution is 2.38. The molecule has 1 atom stereocenters. The van der Waals surface area contributed by atoms with Gasteiger partial charge in [0.15, 0.2) is 0 Å². The van der Waals surface area contributed by atoms with Crippen LogP contribution in [0.1, 0.15) is 6.42 Å². The van der Waals surface area contributed by atoms with Gasteiger partial charge in [-0.05, 0) is 0 Å². The Kier molecular flexibility index (Phi) is 5.25.